The van der Waals surface area contributed by atoms with Crippen LogP contribution in [0.2, 0.25) is 5.15 Å². The van der Waals surface area contributed by atoms with Crippen LogP contribution in [-0.2, 0) is 9.59 Å². The number of amides is 2. The quantitative estimate of drug-likeness (QED) is 0.707. The highest BCUT2D eigenvalue weighted by Gasteiger charge is 2.39. The molecule has 2 aromatic heterocycles. The summed E-state index contributed by atoms with van der Waals surface area (Å²) >= 11 is 6.22. The fourth-order valence-corrected chi connectivity index (χ4v) is 3.29. The molecule has 1 aliphatic rings. The number of hydrogen-bond acceptors (Lipinski definition) is 4. The first-order valence-electron chi connectivity index (χ1n) is 9.01. The van der Waals surface area contributed by atoms with E-state index >= 15 is 0 Å². The van der Waals surface area contributed by atoms with Gasteiger partial charge in [-0.3, -0.25) is 14.6 Å². The maximum Gasteiger partial charge on any atom is 0.389 e. The van der Waals surface area contributed by atoms with E-state index in [1.54, 1.807) is 37.6 Å². The molecule has 0 N–H and O–H groups in total. The van der Waals surface area contributed by atoms with Gasteiger partial charge in [0.1, 0.15) is 5.69 Å². The molecule has 0 saturated carbocycles. The number of pyridine rings is 1. The summed E-state index contributed by atoms with van der Waals surface area (Å²) in [6, 6.07) is 3.53. The Morgan fingerprint density at radius 2 is 2.07 bits per heavy atom. The predicted molar refractivity (Wildman–Crippen MR) is 99.8 cm³/mol. The Kier molecular flexibility index (Phi) is 6.11. The van der Waals surface area contributed by atoms with E-state index in [9.17, 15) is 22.8 Å². The van der Waals surface area contributed by atoms with Crippen LogP contribution in [0.1, 0.15) is 19.8 Å². The van der Waals surface area contributed by atoms with Crippen LogP contribution in [-0.4, -0.2) is 57.3 Å². The lowest BCUT2D eigenvalue weighted by molar-refractivity contribution is -0.154. The summed E-state index contributed by atoms with van der Waals surface area (Å²) in [5.74, 6) is -1.33. The van der Waals surface area contributed by atoms with Gasteiger partial charge in [0.2, 0.25) is 11.8 Å². The van der Waals surface area contributed by atoms with Crippen molar-refractivity contribution in [1.82, 2.24) is 19.7 Å². The second-order valence-electron chi connectivity index (χ2n) is 6.65. The van der Waals surface area contributed by atoms with Crippen molar-refractivity contribution >= 4 is 29.1 Å². The van der Waals surface area contributed by atoms with Crippen molar-refractivity contribution in [3.8, 4) is 5.69 Å². The molecule has 1 fully saturated rings. The van der Waals surface area contributed by atoms with Crippen LogP contribution in [0.25, 0.3) is 5.69 Å². The van der Waals surface area contributed by atoms with Crippen LogP contribution in [0.3, 0.4) is 0 Å². The lowest BCUT2D eigenvalue weighted by atomic mass is 9.97. The van der Waals surface area contributed by atoms with Crippen molar-refractivity contribution in [3.05, 3.63) is 35.9 Å². The van der Waals surface area contributed by atoms with Crippen molar-refractivity contribution in [2.24, 2.45) is 5.92 Å². The number of carbonyl (C=O) groups excluding carboxylic acids is 2. The van der Waals surface area contributed by atoms with Gasteiger partial charge in [0.15, 0.2) is 5.15 Å². The smallest absolute Gasteiger partial charge is 0.341 e. The average Bonchev–Trinajstić information content (AvgIpc) is 3.01. The first kappa shape index (κ1) is 21.1. The Morgan fingerprint density at radius 3 is 2.66 bits per heavy atom. The van der Waals surface area contributed by atoms with Gasteiger partial charge in [0.25, 0.3) is 0 Å². The van der Waals surface area contributed by atoms with Crippen molar-refractivity contribution in [3.63, 3.8) is 0 Å². The summed E-state index contributed by atoms with van der Waals surface area (Å²) in [6.07, 6.45) is -1.31. The Balaban J connectivity index is 1.64. The number of alkyl halides is 3. The number of hydrogen-bond donors (Lipinski definition) is 0. The first-order valence-corrected chi connectivity index (χ1v) is 9.39. The van der Waals surface area contributed by atoms with E-state index in [4.69, 9.17) is 11.6 Å². The Hall–Kier alpha value is -2.62. The van der Waals surface area contributed by atoms with Crippen molar-refractivity contribution in [1.29, 1.82) is 0 Å². The molecule has 0 unspecified atom stereocenters. The molecule has 156 valence electrons. The highest BCUT2D eigenvalue weighted by Crippen LogP contribution is 2.30. The van der Waals surface area contributed by atoms with Gasteiger partial charge in [0, 0.05) is 32.3 Å². The van der Waals surface area contributed by atoms with E-state index < -0.39 is 30.8 Å². The van der Waals surface area contributed by atoms with Crippen LogP contribution < -0.4 is 4.90 Å². The molecule has 1 aliphatic heterocycles. The minimum absolute atomic E-state index is 0.0976. The van der Waals surface area contributed by atoms with Crippen LogP contribution in [0.5, 0.6) is 0 Å². The number of halogens is 4. The molecule has 3 rings (SSSR count). The lowest BCUT2D eigenvalue weighted by Crippen LogP contribution is -2.56. The zero-order chi connectivity index (χ0) is 21.2. The molecule has 11 heteroatoms. The average molecular weight is 430 g/mol. The molecular weight excluding hydrogens is 411 g/mol. The number of aromatic nitrogens is 3. The van der Waals surface area contributed by atoms with Gasteiger partial charge in [-0.25, -0.2) is 4.68 Å². The monoisotopic (exact) mass is 429 g/mol. The fraction of sp³-hybridized carbons (Fsp3) is 0.444. The van der Waals surface area contributed by atoms with Gasteiger partial charge in [-0.15, -0.1) is 0 Å². The number of carbonyl (C=O) groups is 2. The molecule has 0 atom stereocenters. The minimum atomic E-state index is -4.38. The molecule has 7 nitrogen and oxygen atoms in total. The summed E-state index contributed by atoms with van der Waals surface area (Å²) in [5, 5.41) is 4.34. The zero-order valence-electron chi connectivity index (χ0n) is 15.6. The molecule has 0 bridgehead atoms. The topological polar surface area (TPSA) is 71.3 Å². The molecule has 0 aromatic carbocycles. The predicted octanol–water partition coefficient (Wildman–Crippen LogP) is 3.07. The molecule has 2 aromatic rings. The Morgan fingerprint density at radius 1 is 1.34 bits per heavy atom. The second-order valence-corrected chi connectivity index (χ2v) is 7.01. The lowest BCUT2D eigenvalue weighted by Gasteiger charge is -2.40. The van der Waals surface area contributed by atoms with Crippen LogP contribution in [0, 0.1) is 5.92 Å². The van der Waals surface area contributed by atoms with Gasteiger partial charge in [0.05, 0.1) is 30.4 Å². The Labute approximate surface area is 170 Å². The van der Waals surface area contributed by atoms with E-state index in [0.717, 1.165) is 0 Å². The molecule has 0 radical (unpaired) electrons. The van der Waals surface area contributed by atoms with E-state index in [1.165, 1.54) is 14.5 Å². The van der Waals surface area contributed by atoms with E-state index in [1.807, 2.05) is 0 Å². The van der Waals surface area contributed by atoms with Crippen LogP contribution >= 0.6 is 11.6 Å². The third-order valence-corrected chi connectivity index (χ3v) is 4.91. The summed E-state index contributed by atoms with van der Waals surface area (Å²) in [6.45, 7) is 2.30. The summed E-state index contributed by atoms with van der Waals surface area (Å²) in [5.41, 5.74) is 1.10. The molecule has 29 heavy (non-hydrogen) atoms. The standard InChI is InChI=1S/C18H19ClF3N5O2/c1-2-26(14-11-27(24-16(14)19)13-4-3-7-23-8-13)17(29)12-9-25(10-12)15(28)5-6-18(20,21)22/h3-4,7-8,11-12H,2,5-6,9-10H2,1H3. The maximum atomic E-state index is 12.8. The molecular formula is C18H19ClF3N5O2. The summed E-state index contributed by atoms with van der Waals surface area (Å²) in [7, 11) is 0. The van der Waals surface area contributed by atoms with Crippen LogP contribution in [0.4, 0.5) is 18.9 Å². The SMILES string of the molecule is CCN(C(=O)C1CN(C(=O)CCC(F)(F)F)C1)c1cn(-c2cccnc2)nc1Cl. The van der Waals surface area contributed by atoms with E-state index in [2.05, 4.69) is 10.1 Å². The summed E-state index contributed by atoms with van der Waals surface area (Å²) < 4.78 is 38.3. The fourth-order valence-electron chi connectivity index (χ4n) is 3.06. The highest BCUT2D eigenvalue weighted by molar-refractivity contribution is 6.32. The van der Waals surface area contributed by atoms with Crippen molar-refractivity contribution in [2.75, 3.05) is 24.5 Å². The molecule has 2 amide bonds. The molecule has 3 heterocycles. The largest absolute Gasteiger partial charge is 0.389 e. The van der Waals surface area contributed by atoms with E-state index in [-0.39, 0.29) is 24.1 Å². The van der Waals surface area contributed by atoms with Crippen molar-refractivity contribution in [2.45, 2.75) is 25.9 Å². The van der Waals surface area contributed by atoms with E-state index in [0.29, 0.717) is 17.9 Å². The van der Waals surface area contributed by atoms with Gasteiger partial charge in [-0.2, -0.15) is 18.3 Å². The number of rotatable bonds is 6. The maximum absolute atomic E-state index is 12.8. The number of nitrogens with zero attached hydrogens (tertiary/aromatic N) is 5. The van der Waals surface area contributed by atoms with Gasteiger partial charge >= 0.3 is 6.18 Å². The number of likely N-dealkylation sites (tertiary alicyclic amines) is 1. The minimum Gasteiger partial charge on any atom is -0.341 e. The summed E-state index contributed by atoms with van der Waals surface area (Å²) in [4.78, 5) is 31.4. The highest BCUT2D eigenvalue weighted by atomic mass is 35.5. The van der Waals surface area contributed by atoms with Crippen LogP contribution in [0.15, 0.2) is 30.7 Å². The van der Waals surface area contributed by atoms with Gasteiger partial charge < -0.3 is 9.80 Å². The first-order chi connectivity index (χ1) is 13.7. The second kappa shape index (κ2) is 8.40. The van der Waals surface area contributed by atoms with Gasteiger partial charge in [-0.05, 0) is 19.1 Å². The molecule has 0 spiro atoms. The van der Waals surface area contributed by atoms with Gasteiger partial charge in [-0.1, -0.05) is 11.6 Å². The molecule has 1 saturated heterocycles. The molecule has 0 aliphatic carbocycles. The zero-order valence-corrected chi connectivity index (χ0v) is 16.3. The Bertz CT molecular complexity index is 881. The third kappa shape index (κ3) is 4.87. The van der Waals surface area contributed by atoms with Crippen molar-refractivity contribution < 1.29 is 22.8 Å². The third-order valence-electron chi connectivity index (χ3n) is 4.64. The normalized spacial score (nSPS) is 14.6. The number of anilines is 1.